The number of pyridine rings is 1. The van der Waals surface area contributed by atoms with Crippen LogP contribution in [0.4, 0.5) is 0 Å². The zero-order valence-corrected chi connectivity index (χ0v) is 12.4. The third-order valence-corrected chi connectivity index (χ3v) is 3.50. The first-order valence-electron chi connectivity index (χ1n) is 6.96. The van der Waals surface area contributed by atoms with E-state index in [9.17, 15) is 4.79 Å². The van der Waals surface area contributed by atoms with Crippen molar-refractivity contribution < 1.29 is 4.79 Å². The fraction of sp³-hybridized carbons (Fsp3) is 0.294. The second-order valence-corrected chi connectivity index (χ2v) is 5.24. The van der Waals surface area contributed by atoms with Crippen LogP contribution in [0.2, 0.25) is 5.15 Å². The Morgan fingerprint density at radius 3 is 2.35 bits per heavy atom. The van der Waals surface area contributed by atoms with Crippen molar-refractivity contribution in [3.05, 3.63) is 64.4 Å². The molecule has 0 aliphatic heterocycles. The van der Waals surface area contributed by atoms with Gasteiger partial charge in [-0.15, -0.1) is 0 Å². The van der Waals surface area contributed by atoms with E-state index >= 15 is 0 Å². The second kappa shape index (κ2) is 7.20. The number of carbonyl (C=O) groups is 1. The van der Waals surface area contributed by atoms with Crippen LogP contribution in [0, 0.1) is 0 Å². The minimum atomic E-state index is -0.0192. The van der Waals surface area contributed by atoms with Crippen LogP contribution in [0.15, 0.2) is 42.6 Å². The van der Waals surface area contributed by atoms with Crippen molar-refractivity contribution in [3.63, 3.8) is 0 Å². The number of halogens is 1. The molecule has 20 heavy (non-hydrogen) atoms. The summed E-state index contributed by atoms with van der Waals surface area (Å²) < 4.78 is 0. The first-order valence-corrected chi connectivity index (χ1v) is 7.33. The summed E-state index contributed by atoms with van der Waals surface area (Å²) in [7, 11) is 0. The molecule has 0 aliphatic carbocycles. The van der Waals surface area contributed by atoms with Crippen LogP contribution in [0.3, 0.4) is 0 Å². The number of rotatable bonds is 6. The highest BCUT2D eigenvalue weighted by Crippen LogP contribution is 2.14. The number of benzene rings is 1. The van der Waals surface area contributed by atoms with Crippen molar-refractivity contribution in [2.75, 3.05) is 0 Å². The van der Waals surface area contributed by atoms with Gasteiger partial charge in [0.2, 0.25) is 0 Å². The molecular formula is C17H18ClNO. The number of nitrogens with zero attached hydrogens (tertiary/aromatic N) is 1. The lowest BCUT2D eigenvalue weighted by atomic mass is 10.0. The molecule has 2 nitrogen and oxygen atoms in total. The smallest absolute Gasteiger partial charge is 0.194 e. The topological polar surface area (TPSA) is 30.0 Å². The molecule has 2 aromatic rings. The second-order valence-electron chi connectivity index (χ2n) is 4.85. The SMILES string of the molecule is CCCCCc1ccc(C(=O)c2ccc(Cl)nc2)cc1. The van der Waals surface area contributed by atoms with Crippen LogP contribution in [0.1, 0.15) is 47.7 Å². The Bertz CT molecular complexity index is 561. The zero-order valence-electron chi connectivity index (χ0n) is 11.6. The standard InChI is InChI=1S/C17H18ClNO/c1-2-3-4-5-13-6-8-14(9-7-13)17(20)15-10-11-16(18)19-12-15/h6-12H,2-5H2,1H3. The third-order valence-electron chi connectivity index (χ3n) is 3.27. The summed E-state index contributed by atoms with van der Waals surface area (Å²) in [6.07, 6.45) is 6.26. The quantitative estimate of drug-likeness (QED) is 0.438. The normalized spacial score (nSPS) is 10.5. The molecule has 1 heterocycles. The van der Waals surface area contributed by atoms with Gasteiger partial charge in [0.25, 0.3) is 0 Å². The van der Waals surface area contributed by atoms with E-state index in [0.29, 0.717) is 16.3 Å². The summed E-state index contributed by atoms with van der Waals surface area (Å²) in [6, 6.07) is 11.2. The maximum Gasteiger partial charge on any atom is 0.194 e. The predicted molar refractivity (Wildman–Crippen MR) is 82.4 cm³/mol. The molecule has 0 amide bonds. The summed E-state index contributed by atoms with van der Waals surface area (Å²) in [5.41, 5.74) is 2.53. The molecule has 3 heteroatoms. The molecule has 2 rings (SSSR count). The molecule has 0 fully saturated rings. The summed E-state index contributed by atoms with van der Waals surface area (Å²) in [4.78, 5) is 16.2. The average molecular weight is 288 g/mol. The van der Waals surface area contributed by atoms with Gasteiger partial charge in [0.15, 0.2) is 5.78 Å². The van der Waals surface area contributed by atoms with Gasteiger partial charge >= 0.3 is 0 Å². The highest BCUT2D eigenvalue weighted by molar-refractivity contribution is 6.29. The van der Waals surface area contributed by atoms with E-state index in [0.717, 1.165) is 6.42 Å². The Labute approximate surface area is 124 Å². The predicted octanol–water partition coefficient (Wildman–Crippen LogP) is 4.70. The zero-order chi connectivity index (χ0) is 14.4. The van der Waals surface area contributed by atoms with E-state index in [1.807, 2.05) is 24.3 Å². The van der Waals surface area contributed by atoms with Crippen LogP contribution >= 0.6 is 11.6 Å². The molecule has 104 valence electrons. The van der Waals surface area contributed by atoms with Gasteiger partial charge in [-0.05, 0) is 30.5 Å². The Morgan fingerprint density at radius 1 is 1.05 bits per heavy atom. The number of unbranched alkanes of at least 4 members (excludes halogenated alkanes) is 2. The Morgan fingerprint density at radius 2 is 1.75 bits per heavy atom. The Kier molecular flexibility index (Phi) is 5.31. The summed E-state index contributed by atoms with van der Waals surface area (Å²) in [5, 5.41) is 0.396. The van der Waals surface area contributed by atoms with Gasteiger partial charge < -0.3 is 0 Å². The van der Waals surface area contributed by atoms with Crippen molar-refractivity contribution in [2.45, 2.75) is 32.6 Å². The molecule has 0 saturated carbocycles. The van der Waals surface area contributed by atoms with Crippen LogP contribution < -0.4 is 0 Å². The number of aromatic nitrogens is 1. The summed E-state index contributed by atoms with van der Waals surface area (Å²) in [6.45, 7) is 2.20. The summed E-state index contributed by atoms with van der Waals surface area (Å²) in [5.74, 6) is -0.0192. The minimum Gasteiger partial charge on any atom is -0.289 e. The van der Waals surface area contributed by atoms with Gasteiger partial charge in [0.05, 0.1) is 0 Å². The first kappa shape index (κ1) is 14.7. The van der Waals surface area contributed by atoms with Gasteiger partial charge in [-0.2, -0.15) is 0 Å². The van der Waals surface area contributed by atoms with E-state index < -0.39 is 0 Å². The van der Waals surface area contributed by atoms with E-state index in [2.05, 4.69) is 11.9 Å². The number of hydrogen-bond acceptors (Lipinski definition) is 2. The molecular weight excluding hydrogens is 270 g/mol. The van der Waals surface area contributed by atoms with Gasteiger partial charge in [-0.25, -0.2) is 4.98 Å². The van der Waals surface area contributed by atoms with Crippen LogP contribution in [-0.2, 0) is 6.42 Å². The van der Waals surface area contributed by atoms with Crippen molar-refractivity contribution >= 4 is 17.4 Å². The van der Waals surface area contributed by atoms with Crippen molar-refractivity contribution in [3.8, 4) is 0 Å². The fourth-order valence-corrected chi connectivity index (χ4v) is 2.19. The van der Waals surface area contributed by atoms with E-state index in [-0.39, 0.29) is 5.78 Å². The van der Waals surface area contributed by atoms with Gasteiger partial charge in [0, 0.05) is 17.3 Å². The molecule has 0 saturated heterocycles. The van der Waals surface area contributed by atoms with Gasteiger partial charge in [-0.3, -0.25) is 4.79 Å². The van der Waals surface area contributed by atoms with Crippen molar-refractivity contribution in [2.24, 2.45) is 0 Å². The van der Waals surface area contributed by atoms with Crippen LogP contribution in [0.5, 0.6) is 0 Å². The molecule has 0 bridgehead atoms. The molecule has 0 unspecified atom stereocenters. The number of hydrogen-bond donors (Lipinski definition) is 0. The minimum absolute atomic E-state index is 0.0192. The van der Waals surface area contributed by atoms with E-state index in [1.165, 1.54) is 31.0 Å². The van der Waals surface area contributed by atoms with Gasteiger partial charge in [-0.1, -0.05) is 55.6 Å². The lowest BCUT2D eigenvalue weighted by molar-refractivity contribution is 0.103. The van der Waals surface area contributed by atoms with Crippen LogP contribution in [0.25, 0.3) is 0 Å². The number of aryl methyl sites for hydroxylation is 1. The monoisotopic (exact) mass is 287 g/mol. The molecule has 0 atom stereocenters. The molecule has 1 aromatic carbocycles. The third kappa shape index (κ3) is 3.91. The van der Waals surface area contributed by atoms with Gasteiger partial charge in [0.1, 0.15) is 5.15 Å². The highest BCUT2D eigenvalue weighted by atomic mass is 35.5. The van der Waals surface area contributed by atoms with E-state index in [4.69, 9.17) is 11.6 Å². The van der Waals surface area contributed by atoms with Crippen molar-refractivity contribution in [1.29, 1.82) is 0 Å². The Balaban J connectivity index is 2.05. The highest BCUT2D eigenvalue weighted by Gasteiger charge is 2.09. The number of carbonyl (C=O) groups excluding carboxylic acids is 1. The largest absolute Gasteiger partial charge is 0.289 e. The van der Waals surface area contributed by atoms with Crippen LogP contribution in [-0.4, -0.2) is 10.8 Å². The Hall–Kier alpha value is -1.67. The molecule has 0 radical (unpaired) electrons. The molecule has 0 spiro atoms. The fourth-order valence-electron chi connectivity index (χ4n) is 2.08. The van der Waals surface area contributed by atoms with E-state index in [1.54, 1.807) is 12.1 Å². The maximum absolute atomic E-state index is 12.2. The molecule has 0 N–H and O–H groups in total. The lowest BCUT2D eigenvalue weighted by Crippen LogP contribution is -2.02. The lowest BCUT2D eigenvalue weighted by Gasteiger charge is -2.04. The number of ketones is 1. The molecule has 0 aliphatic rings. The first-order chi connectivity index (χ1) is 9.70. The summed E-state index contributed by atoms with van der Waals surface area (Å²) >= 11 is 5.72. The molecule has 1 aromatic heterocycles. The van der Waals surface area contributed by atoms with Crippen molar-refractivity contribution in [1.82, 2.24) is 4.98 Å². The average Bonchev–Trinajstić information content (AvgIpc) is 2.48. The maximum atomic E-state index is 12.2.